The topological polar surface area (TPSA) is 121 Å². The van der Waals surface area contributed by atoms with Crippen molar-refractivity contribution in [1.29, 1.82) is 0 Å². The highest BCUT2D eigenvalue weighted by molar-refractivity contribution is 5.64. The Morgan fingerprint density at radius 2 is 1.03 bits per heavy atom. The van der Waals surface area contributed by atoms with Crippen molar-refractivity contribution in [2.45, 2.75) is 128 Å². The van der Waals surface area contributed by atoms with Crippen molar-refractivity contribution in [1.82, 2.24) is 0 Å². The van der Waals surface area contributed by atoms with E-state index in [1.165, 1.54) is 6.07 Å². The van der Waals surface area contributed by atoms with Gasteiger partial charge in [-0.1, -0.05) is 101 Å². The maximum atomic E-state index is 11.3. The summed E-state index contributed by atoms with van der Waals surface area (Å²) in [6.45, 7) is 54.3. The first-order valence-corrected chi connectivity index (χ1v) is 24.8. The monoisotopic (exact) mass is 985 g/mol. The molecule has 1 heterocycles. The first kappa shape index (κ1) is 58.1. The zero-order valence-electron chi connectivity index (χ0n) is 46.2. The van der Waals surface area contributed by atoms with Gasteiger partial charge in [0.25, 0.3) is 5.69 Å². The fourth-order valence-electron chi connectivity index (χ4n) is 7.72. The molecule has 5 rings (SSSR count). The fourth-order valence-corrected chi connectivity index (χ4v) is 7.72. The number of nitro benzene ring substituents is 1. The standard InChI is InChI=1S/C36H42N6O.C24H34N4O2/c1-34(2,3)21-22-42(12)29-18-16-27(17-19-29)40-41-28-15-13-25(26(23-28)24-35(4,5)6)14-20-30-31(37-9)32(33(38-10)39-11)43-36(30,7)8;1-23(2,3)14-15-27(7)21-11-8-19(9-12-21)25-26-20-10-13-22(28(29)30)18(16-20)17-24(4,5)6/h13-20,23H,21-22,24H2,1-8,12H3;8-13,16H,14-15,17H2,1-7H3/b20-14+,41-40?;. The molecular formula is C60H76N10O3. The van der Waals surface area contributed by atoms with E-state index in [1.807, 2.05) is 74.5 Å². The maximum Gasteiger partial charge on any atom is 0.550 e. The molecule has 0 bridgehead atoms. The van der Waals surface area contributed by atoms with Crippen molar-refractivity contribution in [3.05, 3.63) is 175 Å². The molecule has 0 saturated carbocycles. The number of nitro groups is 1. The summed E-state index contributed by atoms with van der Waals surface area (Å²) in [6, 6.07) is 27.0. The summed E-state index contributed by atoms with van der Waals surface area (Å²) in [7, 11) is 4.21. The van der Waals surface area contributed by atoms with Crippen LogP contribution in [0.2, 0.25) is 0 Å². The summed E-state index contributed by atoms with van der Waals surface area (Å²) in [5.41, 5.74) is 8.69. The number of benzene rings is 4. The van der Waals surface area contributed by atoms with Gasteiger partial charge in [0.1, 0.15) is 18.7 Å². The molecule has 0 fully saturated rings. The zero-order chi connectivity index (χ0) is 54.5. The molecule has 0 atom stereocenters. The van der Waals surface area contributed by atoms with Gasteiger partial charge in [-0.2, -0.15) is 30.1 Å². The van der Waals surface area contributed by atoms with E-state index in [-0.39, 0.29) is 38.7 Å². The van der Waals surface area contributed by atoms with Crippen molar-refractivity contribution < 1.29 is 9.66 Å². The number of azo groups is 2. The van der Waals surface area contributed by atoms with E-state index in [9.17, 15) is 10.1 Å². The lowest BCUT2D eigenvalue weighted by Gasteiger charge is -2.25. The van der Waals surface area contributed by atoms with Crippen molar-refractivity contribution in [3.63, 3.8) is 0 Å². The molecule has 0 radical (unpaired) electrons. The van der Waals surface area contributed by atoms with Crippen LogP contribution in [-0.2, 0) is 17.6 Å². The first-order valence-electron chi connectivity index (χ1n) is 24.8. The molecule has 0 amide bonds. The summed E-state index contributed by atoms with van der Waals surface area (Å²) in [5.74, 6) is -0.173. The van der Waals surface area contributed by atoms with Crippen LogP contribution in [-0.4, -0.2) is 37.7 Å². The third kappa shape index (κ3) is 18.6. The summed E-state index contributed by atoms with van der Waals surface area (Å²) in [5, 5.41) is 29.0. The van der Waals surface area contributed by atoms with Crippen LogP contribution in [0.25, 0.3) is 20.6 Å². The van der Waals surface area contributed by atoms with Gasteiger partial charge in [0, 0.05) is 55.8 Å². The van der Waals surface area contributed by atoms with Crippen molar-refractivity contribution >= 4 is 45.9 Å². The highest BCUT2D eigenvalue weighted by Crippen LogP contribution is 2.42. The van der Waals surface area contributed by atoms with Crippen LogP contribution in [0.4, 0.5) is 39.8 Å². The average molecular weight is 985 g/mol. The van der Waals surface area contributed by atoms with E-state index in [4.69, 9.17) is 24.5 Å². The summed E-state index contributed by atoms with van der Waals surface area (Å²) < 4.78 is 5.93. The van der Waals surface area contributed by atoms with Gasteiger partial charge < -0.3 is 14.5 Å². The zero-order valence-corrected chi connectivity index (χ0v) is 46.2. The van der Waals surface area contributed by atoms with Gasteiger partial charge in [-0.05, 0) is 145 Å². The minimum atomic E-state index is -0.846. The van der Waals surface area contributed by atoms with E-state index in [0.717, 1.165) is 71.9 Å². The van der Waals surface area contributed by atoms with Crippen LogP contribution in [0.3, 0.4) is 0 Å². The molecule has 4 aromatic rings. The predicted molar refractivity (Wildman–Crippen MR) is 300 cm³/mol. The second-order valence-electron chi connectivity index (χ2n) is 24.0. The molecule has 384 valence electrons. The highest BCUT2D eigenvalue weighted by Gasteiger charge is 2.41. The largest absolute Gasteiger partial charge is 0.550 e. The lowest BCUT2D eigenvalue weighted by atomic mass is 9.85. The summed E-state index contributed by atoms with van der Waals surface area (Å²) >= 11 is 0. The van der Waals surface area contributed by atoms with Crippen molar-refractivity contribution in [3.8, 4) is 0 Å². The van der Waals surface area contributed by atoms with Gasteiger partial charge in [0.05, 0.1) is 34.2 Å². The number of hydrogen-bond acceptors (Lipinski definition) is 9. The van der Waals surface area contributed by atoms with Crippen LogP contribution in [0.15, 0.2) is 134 Å². The van der Waals surface area contributed by atoms with Crippen LogP contribution in [0, 0.1) is 51.5 Å². The van der Waals surface area contributed by atoms with E-state index in [0.29, 0.717) is 34.1 Å². The second kappa shape index (κ2) is 24.3. The number of hydrogen-bond donors (Lipinski definition) is 0. The number of anilines is 2. The molecule has 1 aliphatic heterocycles. The van der Waals surface area contributed by atoms with Gasteiger partial charge in [-0.15, -0.1) is 0 Å². The van der Waals surface area contributed by atoms with Gasteiger partial charge in [0.2, 0.25) is 11.5 Å². The molecular weight excluding hydrogens is 909 g/mol. The van der Waals surface area contributed by atoms with E-state index in [1.54, 1.807) is 12.1 Å². The van der Waals surface area contributed by atoms with Crippen LogP contribution in [0.5, 0.6) is 0 Å². The molecule has 13 heteroatoms. The quantitative estimate of drug-likeness (QED) is 0.0508. The van der Waals surface area contributed by atoms with Gasteiger partial charge in [0.15, 0.2) is 0 Å². The Bertz CT molecular complexity index is 2840. The Morgan fingerprint density at radius 1 is 0.616 bits per heavy atom. The normalized spacial score (nSPS) is 13.8. The number of rotatable bonds is 15. The molecule has 0 spiro atoms. The average Bonchev–Trinajstić information content (AvgIpc) is 3.55. The lowest BCUT2D eigenvalue weighted by molar-refractivity contribution is -0.385. The molecule has 0 aliphatic carbocycles. The van der Waals surface area contributed by atoms with Gasteiger partial charge in [-0.25, -0.2) is 4.85 Å². The van der Waals surface area contributed by atoms with Crippen LogP contribution < -0.4 is 9.80 Å². The Hall–Kier alpha value is -7.43. The Labute approximate surface area is 436 Å². The molecule has 73 heavy (non-hydrogen) atoms. The van der Waals surface area contributed by atoms with Crippen molar-refractivity contribution in [2.75, 3.05) is 37.0 Å². The molecule has 0 aromatic heterocycles. The third-order valence-electron chi connectivity index (χ3n) is 11.8. The van der Waals surface area contributed by atoms with Gasteiger partial charge >= 0.3 is 5.82 Å². The first-order chi connectivity index (χ1) is 33.9. The Morgan fingerprint density at radius 3 is 1.44 bits per heavy atom. The van der Waals surface area contributed by atoms with Gasteiger partial charge in [-0.3, -0.25) is 10.1 Å². The minimum Gasteiger partial charge on any atom is -0.499 e. The smallest absolute Gasteiger partial charge is 0.499 e. The molecule has 0 unspecified atom stereocenters. The molecule has 0 saturated heterocycles. The third-order valence-corrected chi connectivity index (χ3v) is 11.8. The Balaban J connectivity index is 0.000000338. The van der Waals surface area contributed by atoms with E-state index in [2.05, 4.69) is 160 Å². The Kier molecular flexibility index (Phi) is 19.4. The maximum absolute atomic E-state index is 11.3. The molecule has 1 aliphatic rings. The van der Waals surface area contributed by atoms with Crippen molar-refractivity contribution in [2.24, 2.45) is 42.1 Å². The molecule has 4 aromatic carbocycles. The SMILES string of the molecule is CN(CCC(C)(C)C)c1ccc(N=Nc2ccc([N+](=O)[O-])c(CC(C)(C)C)c2)cc1.[C-]#[N+]C([N+]#[C-])=C1OC(C)(C)C(/C=C/c2ccc(N=Nc3ccc(N(C)CCC(C)(C)C)cc3)cc2CC(C)(C)C)=C1[N+]#[C-]. The van der Waals surface area contributed by atoms with E-state index >= 15 is 0 Å². The summed E-state index contributed by atoms with van der Waals surface area (Å²) in [6.07, 6.45) is 7.48. The highest BCUT2D eigenvalue weighted by atomic mass is 16.6. The second-order valence-corrected chi connectivity index (χ2v) is 24.0. The minimum absolute atomic E-state index is 0.0277. The summed E-state index contributed by atoms with van der Waals surface area (Å²) in [4.78, 5) is 25.7. The predicted octanol–water partition coefficient (Wildman–Crippen LogP) is 18.0. The fraction of sp³-hybridized carbons (Fsp3) is 0.450. The van der Waals surface area contributed by atoms with Crippen LogP contribution in [0.1, 0.15) is 126 Å². The number of ether oxygens (including phenoxy) is 1. The molecule has 13 nitrogen and oxygen atoms in total. The molecule has 0 N–H and O–H groups in total. The lowest BCUT2D eigenvalue weighted by Crippen LogP contribution is -2.22. The van der Waals surface area contributed by atoms with Crippen LogP contribution >= 0.6 is 0 Å². The number of nitrogens with zero attached hydrogens (tertiary/aromatic N) is 10. The van der Waals surface area contributed by atoms with E-state index < -0.39 is 5.60 Å².